The average Bonchev–Trinajstić information content (AvgIpc) is 3.35. The van der Waals surface area contributed by atoms with Crippen molar-refractivity contribution < 1.29 is 9.84 Å². The lowest BCUT2D eigenvalue weighted by Crippen LogP contribution is -2.29. The van der Waals surface area contributed by atoms with Gasteiger partial charge in [-0.15, -0.1) is 0 Å². The van der Waals surface area contributed by atoms with Gasteiger partial charge in [0.1, 0.15) is 11.5 Å². The molecule has 7 heteroatoms. The fraction of sp³-hybridized carbons (Fsp3) is 0.185. The molecule has 2 atom stereocenters. The minimum atomic E-state index is -0.200. The molecule has 172 valence electrons. The molecule has 1 aliphatic heterocycles. The van der Waals surface area contributed by atoms with Gasteiger partial charge in [0.25, 0.3) is 0 Å². The van der Waals surface area contributed by atoms with E-state index in [4.69, 9.17) is 17.0 Å². The van der Waals surface area contributed by atoms with Gasteiger partial charge in [-0.05, 0) is 86.2 Å². The van der Waals surface area contributed by atoms with Crippen LogP contribution in [-0.4, -0.2) is 26.9 Å². The van der Waals surface area contributed by atoms with Crippen LogP contribution in [0.15, 0.2) is 79.0 Å². The second-order valence-corrected chi connectivity index (χ2v) is 8.73. The number of hydrogen-bond acceptors (Lipinski definition) is 4. The number of hydrogen-bond donors (Lipinski definition) is 2. The number of thiocarbonyl (C=S) groups is 1. The number of phenols is 1. The van der Waals surface area contributed by atoms with Crippen LogP contribution in [-0.2, 0) is 0 Å². The molecule has 1 aliphatic rings. The van der Waals surface area contributed by atoms with Gasteiger partial charge in [-0.3, -0.25) is 4.98 Å². The van der Waals surface area contributed by atoms with Gasteiger partial charge >= 0.3 is 0 Å². The second-order valence-electron chi connectivity index (χ2n) is 8.35. The van der Waals surface area contributed by atoms with E-state index < -0.39 is 0 Å². The molecule has 4 aromatic rings. The zero-order valence-electron chi connectivity index (χ0n) is 19.3. The van der Waals surface area contributed by atoms with Crippen LogP contribution in [0.1, 0.15) is 34.7 Å². The van der Waals surface area contributed by atoms with Crippen LogP contribution in [0.4, 0.5) is 5.69 Å². The smallest absolute Gasteiger partial charge is 0.174 e. The number of para-hydroxylation sites is 2. The molecule has 0 aliphatic carbocycles. The van der Waals surface area contributed by atoms with Crippen molar-refractivity contribution >= 4 is 23.0 Å². The molecule has 3 heterocycles. The van der Waals surface area contributed by atoms with Crippen molar-refractivity contribution in [2.45, 2.75) is 25.9 Å². The Hall–Kier alpha value is -3.84. The Morgan fingerprint density at radius 2 is 1.74 bits per heavy atom. The summed E-state index contributed by atoms with van der Waals surface area (Å²) in [5.41, 5.74) is 5.92. The Bertz CT molecular complexity index is 1330. The Kier molecular flexibility index (Phi) is 5.71. The molecule has 2 aromatic carbocycles. The highest BCUT2D eigenvalue weighted by atomic mass is 32.1. The van der Waals surface area contributed by atoms with E-state index in [1.54, 1.807) is 19.4 Å². The van der Waals surface area contributed by atoms with Crippen molar-refractivity contribution in [2.75, 3.05) is 12.0 Å². The standard InChI is InChI=1S/C27H26N4O2S/c1-17-16-21(18(2)30(17)19-11-13-20(33-3)14-12-19)26-25(22-8-6-7-15-28-22)29-27(34)31(26)23-9-4-5-10-24(23)32/h4-16,25-26,32H,1-3H3,(H,29,34)/t25-,26-/m1/s1. The van der Waals surface area contributed by atoms with Crippen molar-refractivity contribution in [1.29, 1.82) is 0 Å². The van der Waals surface area contributed by atoms with Gasteiger partial charge in [-0.1, -0.05) is 18.2 Å². The molecular formula is C27H26N4O2S. The Morgan fingerprint density at radius 3 is 2.41 bits per heavy atom. The molecule has 1 saturated heterocycles. The summed E-state index contributed by atoms with van der Waals surface area (Å²) in [5.74, 6) is 1.00. The van der Waals surface area contributed by atoms with E-state index in [1.165, 1.54) is 0 Å². The molecule has 0 amide bonds. The van der Waals surface area contributed by atoms with Crippen LogP contribution < -0.4 is 15.0 Å². The summed E-state index contributed by atoms with van der Waals surface area (Å²) in [5, 5.41) is 14.7. The highest BCUT2D eigenvalue weighted by Gasteiger charge is 2.43. The Balaban J connectivity index is 1.67. The molecule has 0 radical (unpaired) electrons. The number of anilines is 1. The first kappa shape index (κ1) is 22.0. The van der Waals surface area contributed by atoms with Gasteiger partial charge in [-0.2, -0.15) is 0 Å². The molecule has 2 aromatic heterocycles. The Morgan fingerprint density at radius 1 is 1.00 bits per heavy atom. The summed E-state index contributed by atoms with van der Waals surface area (Å²) in [6, 6.07) is 23.0. The van der Waals surface area contributed by atoms with Crippen LogP contribution >= 0.6 is 12.2 Å². The van der Waals surface area contributed by atoms with Crippen LogP contribution in [0.25, 0.3) is 5.69 Å². The molecule has 0 bridgehead atoms. The minimum absolute atomic E-state index is 0.182. The van der Waals surface area contributed by atoms with E-state index in [9.17, 15) is 5.11 Å². The van der Waals surface area contributed by atoms with Crippen molar-refractivity contribution in [1.82, 2.24) is 14.9 Å². The van der Waals surface area contributed by atoms with E-state index in [0.717, 1.165) is 34.1 Å². The van der Waals surface area contributed by atoms with Crippen molar-refractivity contribution in [3.8, 4) is 17.2 Å². The molecule has 2 N–H and O–H groups in total. The summed E-state index contributed by atoms with van der Waals surface area (Å²) in [4.78, 5) is 6.63. The highest BCUT2D eigenvalue weighted by Crippen LogP contribution is 2.45. The topological polar surface area (TPSA) is 62.5 Å². The van der Waals surface area contributed by atoms with Crippen LogP contribution in [0.2, 0.25) is 0 Å². The van der Waals surface area contributed by atoms with Gasteiger partial charge < -0.3 is 24.6 Å². The largest absolute Gasteiger partial charge is 0.506 e. The maximum absolute atomic E-state index is 10.7. The van der Waals surface area contributed by atoms with E-state index in [1.807, 2.05) is 53.4 Å². The van der Waals surface area contributed by atoms with Gasteiger partial charge in [0, 0.05) is 23.3 Å². The SMILES string of the molecule is COc1ccc(-n2c(C)cc([C@@H]3[C@@H](c4ccccn4)NC(=S)N3c3ccccc3O)c2C)cc1. The maximum Gasteiger partial charge on any atom is 0.174 e. The van der Waals surface area contributed by atoms with Gasteiger partial charge in [0.2, 0.25) is 0 Å². The summed E-state index contributed by atoms with van der Waals surface area (Å²) >= 11 is 5.80. The third kappa shape index (κ3) is 3.68. The third-order valence-electron chi connectivity index (χ3n) is 6.36. The fourth-order valence-electron chi connectivity index (χ4n) is 4.81. The molecule has 34 heavy (non-hydrogen) atoms. The predicted molar refractivity (Wildman–Crippen MR) is 138 cm³/mol. The van der Waals surface area contributed by atoms with Gasteiger partial charge in [-0.25, -0.2) is 0 Å². The number of benzene rings is 2. The quantitative estimate of drug-likeness (QED) is 0.382. The van der Waals surface area contributed by atoms with Crippen molar-refractivity contribution in [3.05, 3.63) is 102 Å². The number of nitrogens with zero attached hydrogens (tertiary/aromatic N) is 3. The van der Waals surface area contributed by atoms with Crippen LogP contribution in [0, 0.1) is 13.8 Å². The van der Waals surface area contributed by atoms with Crippen molar-refractivity contribution in [2.24, 2.45) is 0 Å². The summed E-state index contributed by atoms with van der Waals surface area (Å²) in [6.45, 7) is 4.22. The molecule has 6 nitrogen and oxygen atoms in total. The lowest BCUT2D eigenvalue weighted by molar-refractivity contribution is 0.414. The molecular weight excluding hydrogens is 444 g/mol. The zero-order chi connectivity index (χ0) is 23.8. The van der Waals surface area contributed by atoms with Crippen molar-refractivity contribution in [3.63, 3.8) is 0 Å². The number of aromatic nitrogens is 2. The maximum atomic E-state index is 10.7. The predicted octanol–water partition coefficient (Wildman–Crippen LogP) is 5.38. The normalized spacial score (nSPS) is 17.6. The first-order valence-electron chi connectivity index (χ1n) is 11.1. The van der Waals surface area contributed by atoms with Crippen LogP contribution in [0.3, 0.4) is 0 Å². The van der Waals surface area contributed by atoms with E-state index >= 15 is 0 Å². The number of rotatable bonds is 5. The van der Waals surface area contributed by atoms with Crippen LogP contribution in [0.5, 0.6) is 11.5 Å². The lowest BCUT2D eigenvalue weighted by atomic mass is 9.96. The molecule has 0 saturated carbocycles. The first-order valence-corrected chi connectivity index (χ1v) is 11.5. The minimum Gasteiger partial charge on any atom is -0.506 e. The molecule has 0 unspecified atom stereocenters. The molecule has 1 fully saturated rings. The summed E-state index contributed by atoms with van der Waals surface area (Å²) in [7, 11) is 1.67. The number of pyridine rings is 1. The monoisotopic (exact) mass is 470 g/mol. The number of methoxy groups -OCH3 is 1. The highest BCUT2D eigenvalue weighted by molar-refractivity contribution is 7.80. The zero-order valence-corrected chi connectivity index (χ0v) is 20.1. The number of ether oxygens (including phenoxy) is 1. The summed E-state index contributed by atoms with van der Waals surface area (Å²) in [6.07, 6.45) is 1.79. The average molecular weight is 471 g/mol. The lowest BCUT2D eigenvalue weighted by Gasteiger charge is -2.28. The van der Waals surface area contributed by atoms with E-state index in [0.29, 0.717) is 10.8 Å². The number of nitrogens with one attached hydrogen (secondary N) is 1. The number of aromatic hydroxyl groups is 1. The van der Waals surface area contributed by atoms with Gasteiger partial charge in [0.05, 0.1) is 30.6 Å². The van der Waals surface area contributed by atoms with Gasteiger partial charge in [0.15, 0.2) is 5.11 Å². The third-order valence-corrected chi connectivity index (χ3v) is 6.67. The number of aryl methyl sites for hydroxylation is 1. The number of phenolic OH excluding ortho intramolecular Hbond substituents is 1. The Labute approximate surface area is 204 Å². The summed E-state index contributed by atoms with van der Waals surface area (Å²) < 4.78 is 7.56. The molecule has 0 spiro atoms. The first-order chi connectivity index (χ1) is 16.5. The fourth-order valence-corrected chi connectivity index (χ4v) is 5.15. The molecule has 5 rings (SSSR count). The van der Waals surface area contributed by atoms with E-state index in [2.05, 4.69) is 46.9 Å². The van der Waals surface area contributed by atoms with E-state index in [-0.39, 0.29) is 17.8 Å². The second kappa shape index (κ2) is 8.83.